The molecule has 2 bridgehead atoms. The second-order valence-corrected chi connectivity index (χ2v) is 10.4. The Labute approximate surface area is 180 Å². The van der Waals surface area contributed by atoms with Crippen molar-refractivity contribution in [2.24, 2.45) is 23.0 Å². The molecule has 1 saturated carbocycles. The Morgan fingerprint density at radius 3 is 2.60 bits per heavy atom. The Kier molecular flexibility index (Phi) is 5.62. The Morgan fingerprint density at radius 2 is 1.97 bits per heavy atom. The summed E-state index contributed by atoms with van der Waals surface area (Å²) in [4.78, 5) is 12.9. The normalized spacial score (nSPS) is 30.9. The number of nitrogens with two attached hydrogens (primary N) is 1. The van der Waals surface area contributed by atoms with E-state index in [9.17, 15) is 4.79 Å². The van der Waals surface area contributed by atoms with Gasteiger partial charge in [0.1, 0.15) is 0 Å². The van der Waals surface area contributed by atoms with E-state index in [1.807, 2.05) is 30.3 Å². The highest BCUT2D eigenvalue weighted by Crippen LogP contribution is 2.61. The Hall–Kier alpha value is -1.63. The third kappa shape index (κ3) is 3.74. The predicted octanol–water partition coefficient (Wildman–Crippen LogP) is 3.27. The molecule has 5 rings (SSSR count). The zero-order valence-electron chi connectivity index (χ0n) is 18.9. The van der Waals surface area contributed by atoms with Crippen LogP contribution in [-0.2, 0) is 20.5 Å². The van der Waals surface area contributed by atoms with Crippen LogP contribution >= 0.6 is 0 Å². The minimum Gasteiger partial charge on any atom is -0.404 e. The summed E-state index contributed by atoms with van der Waals surface area (Å²) >= 11 is 0. The molecule has 1 heterocycles. The van der Waals surface area contributed by atoms with Gasteiger partial charge in [-0.1, -0.05) is 69.7 Å². The maximum absolute atomic E-state index is 12.9. The molecular weight excluding hydrogens is 375 g/mol. The van der Waals surface area contributed by atoms with Crippen molar-refractivity contribution in [3.05, 3.63) is 47.5 Å². The maximum atomic E-state index is 12.9. The van der Waals surface area contributed by atoms with Crippen LogP contribution in [0.2, 0.25) is 0 Å². The van der Waals surface area contributed by atoms with Gasteiger partial charge in [-0.25, -0.2) is 0 Å². The molecule has 0 radical (unpaired) electrons. The molecule has 3 aliphatic carbocycles. The Bertz CT molecular complexity index is 825. The lowest BCUT2D eigenvalue weighted by atomic mass is 9.50. The van der Waals surface area contributed by atoms with E-state index < -0.39 is 13.2 Å². The molecule has 1 saturated heterocycles. The first kappa shape index (κ1) is 21.6. The van der Waals surface area contributed by atoms with Gasteiger partial charge in [0, 0.05) is 5.92 Å². The van der Waals surface area contributed by atoms with Crippen LogP contribution in [0.3, 0.4) is 0 Å². The molecule has 0 aromatic heterocycles. The summed E-state index contributed by atoms with van der Waals surface area (Å²) in [5, 5.41) is 3.16. The average molecular weight is 410 g/mol. The number of nitrogens with one attached hydrogen (secondary N) is 1. The molecule has 0 spiro atoms. The molecule has 162 valence electrons. The first-order valence-corrected chi connectivity index (χ1v) is 11.3. The SMILES string of the molecule is CC(C)C[C@H](NC(=O)C(N)Cc1ccccc1)B1OC2CC3=CC(C3(C)C)[C@]2(C)O1. The predicted molar refractivity (Wildman–Crippen MR) is 120 cm³/mol. The third-order valence-corrected chi connectivity index (χ3v) is 7.32. The largest absolute Gasteiger partial charge is 0.481 e. The van der Waals surface area contributed by atoms with Crippen LogP contribution in [0.1, 0.15) is 53.0 Å². The lowest BCUT2D eigenvalue weighted by Crippen LogP contribution is -2.59. The van der Waals surface area contributed by atoms with E-state index in [-0.39, 0.29) is 29.0 Å². The number of amides is 1. The van der Waals surface area contributed by atoms with Crippen LogP contribution in [-0.4, -0.2) is 36.7 Å². The van der Waals surface area contributed by atoms with Crippen LogP contribution in [0.4, 0.5) is 0 Å². The van der Waals surface area contributed by atoms with Crippen molar-refractivity contribution in [2.75, 3.05) is 0 Å². The minimum absolute atomic E-state index is 0.0464. The van der Waals surface area contributed by atoms with Crippen molar-refractivity contribution >= 4 is 13.0 Å². The van der Waals surface area contributed by atoms with Crippen molar-refractivity contribution in [1.82, 2.24) is 5.32 Å². The highest BCUT2D eigenvalue weighted by Gasteiger charge is 2.65. The van der Waals surface area contributed by atoms with Crippen molar-refractivity contribution in [3.63, 3.8) is 0 Å². The summed E-state index contributed by atoms with van der Waals surface area (Å²) in [5.41, 5.74) is 8.58. The van der Waals surface area contributed by atoms with E-state index in [4.69, 9.17) is 15.0 Å². The molecule has 4 aliphatic rings. The van der Waals surface area contributed by atoms with Crippen LogP contribution in [0, 0.1) is 17.3 Å². The zero-order valence-corrected chi connectivity index (χ0v) is 18.9. The molecule has 3 N–H and O–H groups in total. The van der Waals surface area contributed by atoms with Gasteiger partial charge >= 0.3 is 7.12 Å². The summed E-state index contributed by atoms with van der Waals surface area (Å²) < 4.78 is 13.0. The van der Waals surface area contributed by atoms with Gasteiger partial charge in [-0.05, 0) is 43.1 Å². The van der Waals surface area contributed by atoms with Crippen molar-refractivity contribution < 1.29 is 14.1 Å². The Morgan fingerprint density at radius 1 is 1.27 bits per heavy atom. The van der Waals surface area contributed by atoms with Crippen molar-refractivity contribution in [3.8, 4) is 0 Å². The fourth-order valence-corrected chi connectivity index (χ4v) is 5.49. The van der Waals surface area contributed by atoms with Gasteiger partial charge in [0.25, 0.3) is 0 Å². The molecular formula is C24H35BN2O3. The van der Waals surface area contributed by atoms with E-state index in [2.05, 4.69) is 46.0 Å². The second-order valence-electron chi connectivity index (χ2n) is 10.4. The minimum atomic E-state index is -0.600. The average Bonchev–Trinajstić information content (AvgIpc) is 3.04. The third-order valence-electron chi connectivity index (χ3n) is 7.32. The number of carbonyl (C=O) groups excluding carboxylic acids is 1. The van der Waals surface area contributed by atoms with E-state index >= 15 is 0 Å². The molecule has 1 aromatic rings. The zero-order chi connectivity index (χ0) is 21.7. The molecule has 5 nitrogen and oxygen atoms in total. The van der Waals surface area contributed by atoms with Gasteiger partial charge in [0.2, 0.25) is 5.91 Å². The smallest absolute Gasteiger partial charge is 0.404 e. The molecule has 2 fully saturated rings. The number of benzene rings is 1. The van der Waals surface area contributed by atoms with Crippen LogP contribution < -0.4 is 11.1 Å². The molecule has 1 aliphatic heterocycles. The first-order valence-electron chi connectivity index (χ1n) is 11.3. The van der Waals surface area contributed by atoms with Gasteiger partial charge in [-0.15, -0.1) is 0 Å². The van der Waals surface area contributed by atoms with E-state index in [0.29, 0.717) is 18.3 Å². The standard InChI is InChI=1S/C24H35BN2O3/c1-15(2)11-21(27-22(28)18(26)12-16-9-7-6-8-10-16)25-29-20-14-17-13-19(23(17,3)4)24(20,5)30-25/h6-10,13,15,18-21H,11-12,14,26H2,1-5H3,(H,27,28)/t18?,19?,20?,21-,24-/m0/s1. The highest BCUT2D eigenvalue weighted by atomic mass is 16.7. The number of hydrogen-bond donors (Lipinski definition) is 2. The van der Waals surface area contributed by atoms with Crippen LogP contribution in [0.15, 0.2) is 42.0 Å². The summed E-state index contributed by atoms with van der Waals surface area (Å²) in [6.45, 7) is 11.1. The second kappa shape index (κ2) is 7.81. The van der Waals surface area contributed by atoms with Crippen molar-refractivity contribution in [1.29, 1.82) is 0 Å². The van der Waals surface area contributed by atoms with Gasteiger partial charge < -0.3 is 20.4 Å². The van der Waals surface area contributed by atoms with Crippen LogP contribution in [0.25, 0.3) is 0 Å². The van der Waals surface area contributed by atoms with Gasteiger partial charge in [0.05, 0.1) is 23.7 Å². The quantitative estimate of drug-likeness (QED) is 0.535. The summed E-state index contributed by atoms with van der Waals surface area (Å²) in [6, 6.07) is 9.28. The van der Waals surface area contributed by atoms with E-state index in [0.717, 1.165) is 18.4 Å². The van der Waals surface area contributed by atoms with Gasteiger partial charge in [0.15, 0.2) is 0 Å². The van der Waals surface area contributed by atoms with Crippen LogP contribution in [0.5, 0.6) is 0 Å². The van der Waals surface area contributed by atoms with Gasteiger partial charge in [-0.2, -0.15) is 0 Å². The summed E-state index contributed by atoms with van der Waals surface area (Å²) in [6.07, 6.45) is 4.61. The van der Waals surface area contributed by atoms with E-state index in [1.165, 1.54) is 5.57 Å². The number of carbonyl (C=O) groups is 1. The van der Waals surface area contributed by atoms with Crippen molar-refractivity contribution in [2.45, 2.75) is 77.6 Å². The molecule has 30 heavy (non-hydrogen) atoms. The first-order chi connectivity index (χ1) is 14.1. The lowest BCUT2D eigenvalue weighted by molar-refractivity contribution is -0.122. The number of hydrogen-bond acceptors (Lipinski definition) is 4. The number of rotatable bonds is 7. The molecule has 1 aromatic carbocycles. The van der Waals surface area contributed by atoms with E-state index in [1.54, 1.807) is 0 Å². The Balaban J connectivity index is 1.44. The maximum Gasteiger partial charge on any atom is 0.481 e. The summed E-state index contributed by atoms with van der Waals surface area (Å²) in [5.74, 6) is 0.378. The molecule has 3 unspecified atom stereocenters. The highest BCUT2D eigenvalue weighted by molar-refractivity contribution is 6.48. The van der Waals surface area contributed by atoms with Gasteiger partial charge in [-0.3, -0.25) is 4.79 Å². The molecule has 5 atom stereocenters. The fourth-order valence-electron chi connectivity index (χ4n) is 5.49. The fraction of sp³-hybridized carbons (Fsp3) is 0.625. The summed E-state index contributed by atoms with van der Waals surface area (Å²) in [7, 11) is -0.445. The monoisotopic (exact) mass is 410 g/mol. The topological polar surface area (TPSA) is 73.6 Å². The molecule has 1 amide bonds. The lowest BCUT2D eigenvalue weighted by Gasteiger charge is -2.58. The molecule has 6 heteroatoms.